The smallest absolute Gasteiger partial charge is 0.0449 e. The van der Waals surface area contributed by atoms with Crippen LogP contribution in [-0.4, -0.2) is 11.7 Å². The molecule has 1 aromatic heterocycles. The third kappa shape index (κ3) is 2.27. The van der Waals surface area contributed by atoms with Gasteiger partial charge in [-0.15, -0.1) is 11.3 Å². The van der Waals surface area contributed by atoms with Crippen molar-refractivity contribution in [1.29, 1.82) is 0 Å². The largest absolute Gasteiger partial charge is 0.396 e. The molecule has 4 heteroatoms. The molecule has 1 aromatic rings. The van der Waals surface area contributed by atoms with E-state index >= 15 is 0 Å². The molecule has 0 amide bonds. The molecule has 2 nitrogen and oxygen atoms in total. The molecule has 1 heterocycles. The summed E-state index contributed by atoms with van der Waals surface area (Å²) >= 11 is 5.00. The summed E-state index contributed by atoms with van der Waals surface area (Å²) in [5.41, 5.74) is 5.77. The summed E-state index contributed by atoms with van der Waals surface area (Å²) in [6.07, 6.45) is 0.624. The molecule has 0 radical (unpaired) electrons. The zero-order valence-corrected chi connectivity index (χ0v) is 8.36. The van der Waals surface area contributed by atoms with Crippen molar-refractivity contribution in [2.45, 2.75) is 12.5 Å². The summed E-state index contributed by atoms with van der Waals surface area (Å²) in [4.78, 5) is 1.11. The Bertz CT molecular complexity index is 226. The van der Waals surface area contributed by atoms with Crippen molar-refractivity contribution in [3.63, 3.8) is 0 Å². The summed E-state index contributed by atoms with van der Waals surface area (Å²) < 4.78 is 1.04. The van der Waals surface area contributed by atoms with E-state index in [1.165, 1.54) is 0 Å². The van der Waals surface area contributed by atoms with Crippen molar-refractivity contribution in [3.8, 4) is 0 Å². The molecule has 0 aliphatic heterocycles. The lowest BCUT2D eigenvalue weighted by molar-refractivity contribution is 0.277. The van der Waals surface area contributed by atoms with Gasteiger partial charge in [-0.25, -0.2) is 0 Å². The maximum Gasteiger partial charge on any atom is 0.0449 e. The number of aliphatic hydroxyl groups excluding tert-OH is 1. The van der Waals surface area contributed by atoms with Crippen LogP contribution in [0.2, 0.25) is 0 Å². The van der Waals surface area contributed by atoms with Crippen molar-refractivity contribution in [2.75, 3.05) is 6.61 Å². The average molecular weight is 236 g/mol. The van der Waals surface area contributed by atoms with E-state index in [-0.39, 0.29) is 12.6 Å². The number of hydrogen-bond donors (Lipinski definition) is 2. The first-order valence-corrected chi connectivity index (χ1v) is 5.02. The fourth-order valence-electron chi connectivity index (χ4n) is 0.840. The highest BCUT2D eigenvalue weighted by Crippen LogP contribution is 2.28. The van der Waals surface area contributed by atoms with E-state index in [4.69, 9.17) is 10.8 Å². The molecule has 1 atom stereocenters. The minimum Gasteiger partial charge on any atom is -0.396 e. The minimum atomic E-state index is -0.0330. The quantitative estimate of drug-likeness (QED) is 0.841. The van der Waals surface area contributed by atoms with E-state index in [1.807, 2.05) is 11.4 Å². The van der Waals surface area contributed by atoms with Gasteiger partial charge in [-0.05, 0) is 33.8 Å². The van der Waals surface area contributed by atoms with Gasteiger partial charge in [-0.3, -0.25) is 0 Å². The predicted molar refractivity (Wildman–Crippen MR) is 50.7 cm³/mol. The van der Waals surface area contributed by atoms with Crippen LogP contribution in [0, 0.1) is 0 Å². The van der Waals surface area contributed by atoms with Crippen LogP contribution in [0.1, 0.15) is 17.3 Å². The highest BCUT2D eigenvalue weighted by molar-refractivity contribution is 9.10. The molecular weight excluding hydrogens is 226 g/mol. The van der Waals surface area contributed by atoms with Crippen molar-refractivity contribution in [3.05, 3.63) is 20.8 Å². The lowest BCUT2D eigenvalue weighted by atomic mass is 10.2. The van der Waals surface area contributed by atoms with E-state index in [1.54, 1.807) is 11.3 Å². The van der Waals surface area contributed by atoms with E-state index in [9.17, 15) is 0 Å². The SMILES string of the molecule is N[C@H](CCO)c1sccc1Br. The zero-order chi connectivity index (χ0) is 8.27. The maximum absolute atomic E-state index is 8.64. The third-order valence-corrected chi connectivity index (χ3v) is 3.42. The molecule has 0 saturated heterocycles. The molecule has 0 saturated carbocycles. The first kappa shape index (κ1) is 9.19. The molecule has 1 rings (SSSR count). The molecule has 0 spiro atoms. The Kier molecular flexibility index (Phi) is 3.51. The normalized spacial score (nSPS) is 13.4. The Morgan fingerprint density at radius 1 is 1.73 bits per heavy atom. The number of thiophene rings is 1. The molecule has 0 unspecified atom stereocenters. The Labute approximate surface area is 78.2 Å². The second-order valence-corrected chi connectivity index (χ2v) is 4.05. The molecule has 62 valence electrons. The Hall–Kier alpha value is 0.100. The Morgan fingerprint density at radius 2 is 2.45 bits per heavy atom. The number of hydrogen-bond acceptors (Lipinski definition) is 3. The first-order chi connectivity index (χ1) is 5.25. The summed E-state index contributed by atoms with van der Waals surface area (Å²) in [6.45, 7) is 0.144. The summed E-state index contributed by atoms with van der Waals surface area (Å²) in [5.74, 6) is 0. The molecule has 0 aromatic carbocycles. The van der Waals surface area contributed by atoms with Gasteiger partial charge in [0.25, 0.3) is 0 Å². The van der Waals surface area contributed by atoms with E-state index in [0.29, 0.717) is 6.42 Å². The van der Waals surface area contributed by atoms with Gasteiger partial charge in [0.05, 0.1) is 0 Å². The van der Waals surface area contributed by atoms with E-state index in [0.717, 1.165) is 9.35 Å². The van der Waals surface area contributed by atoms with Gasteiger partial charge in [0.2, 0.25) is 0 Å². The van der Waals surface area contributed by atoms with Crippen LogP contribution in [0.4, 0.5) is 0 Å². The second kappa shape index (κ2) is 4.21. The second-order valence-electron chi connectivity index (χ2n) is 2.25. The molecule has 0 aliphatic rings. The number of rotatable bonds is 3. The van der Waals surface area contributed by atoms with E-state index in [2.05, 4.69) is 15.9 Å². The maximum atomic E-state index is 8.64. The van der Waals surface area contributed by atoms with Crippen molar-refractivity contribution < 1.29 is 5.11 Å². The van der Waals surface area contributed by atoms with Gasteiger partial charge in [0.15, 0.2) is 0 Å². The molecule has 0 aliphatic carbocycles. The average Bonchev–Trinajstić information content (AvgIpc) is 2.36. The predicted octanol–water partition coefficient (Wildman–Crippen LogP) is 1.89. The fourth-order valence-corrected chi connectivity index (χ4v) is 2.55. The number of aliphatic hydroxyl groups is 1. The highest BCUT2D eigenvalue weighted by atomic mass is 79.9. The van der Waals surface area contributed by atoms with Gasteiger partial charge in [-0.1, -0.05) is 0 Å². The van der Waals surface area contributed by atoms with Crippen LogP contribution in [0.5, 0.6) is 0 Å². The minimum absolute atomic E-state index is 0.0330. The van der Waals surface area contributed by atoms with Crippen LogP contribution < -0.4 is 5.73 Å². The third-order valence-electron chi connectivity index (χ3n) is 1.42. The molecule has 3 N–H and O–H groups in total. The van der Waals surface area contributed by atoms with Crippen LogP contribution in [-0.2, 0) is 0 Å². The fraction of sp³-hybridized carbons (Fsp3) is 0.429. The lowest BCUT2D eigenvalue weighted by Gasteiger charge is -2.07. The van der Waals surface area contributed by atoms with Crippen LogP contribution >= 0.6 is 27.3 Å². The highest BCUT2D eigenvalue weighted by Gasteiger charge is 2.09. The van der Waals surface area contributed by atoms with Crippen molar-refractivity contribution >= 4 is 27.3 Å². The number of nitrogens with two attached hydrogens (primary N) is 1. The van der Waals surface area contributed by atoms with Gasteiger partial charge in [0.1, 0.15) is 0 Å². The van der Waals surface area contributed by atoms with Gasteiger partial charge in [-0.2, -0.15) is 0 Å². The monoisotopic (exact) mass is 235 g/mol. The van der Waals surface area contributed by atoms with Crippen molar-refractivity contribution in [2.24, 2.45) is 5.73 Å². The van der Waals surface area contributed by atoms with Crippen LogP contribution in [0.15, 0.2) is 15.9 Å². The lowest BCUT2D eigenvalue weighted by Crippen LogP contribution is -2.10. The summed E-state index contributed by atoms with van der Waals surface area (Å²) in [6, 6.07) is 1.94. The topological polar surface area (TPSA) is 46.2 Å². The van der Waals surface area contributed by atoms with Gasteiger partial charge in [0, 0.05) is 22.0 Å². The molecule has 0 fully saturated rings. The molecular formula is C7H10BrNOS. The summed E-state index contributed by atoms with van der Waals surface area (Å²) in [5, 5.41) is 10.6. The van der Waals surface area contributed by atoms with Crippen LogP contribution in [0.3, 0.4) is 0 Å². The molecule has 0 bridgehead atoms. The standard InChI is InChI=1S/C7H10BrNOS/c8-5-2-4-11-7(5)6(9)1-3-10/h2,4,6,10H,1,3,9H2/t6-/m1/s1. The number of halogens is 1. The zero-order valence-electron chi connectivity index (χ0n) is 5.96. The van der Waals surface area contributed by atoms with Gasteiger partial charge < -0.3 is 10.8 Å². The molecule has 11 heavy (non-hydrogen) atoms. The first-order valence-electron chi connectivity index (χ1n) is 3.35. The van der Waals surface area contributed by atoms with Crippen molar-refractivity contribution in [1.82, 2.24) is 0 Å². The Balaban J connectivity index is 2.67. The van der Waals surface area contributed by atoms with Gasteiger partial charge >= 0.3 is 0 Å². The van der Waals surface area contributed by atoms with Crippen LogP contribution in [0.25, 0.3) is 0 Å². The Morgan fingerprint density at radius 3 is 2.91 bits per heavy atom. The summed E-state index contributed by atoms with van der Waals surface area (Å²) in [7, 11) is 0. The van der Waals surface area contributed by atoms with E-state index < -0.39 is 0 Å².